The molecule has 6 nitrogen and oxygen atoms in total. The topological polar surface area (TPSA) is 85.4 Å². The summed E-state index contributed by atoms with van der Waals surface area (Å²) in [4.78, 5) is 12.0. The number of phenolic OH excluding ortho intramolecular Hbond substituents is 1. The molecule has 2 fully saturated rings. The standard InChI is InChI=1S/C25H32N4O2/c1-2-26-24(31)29-20-9-4-3-8-19(20)28-22-14-16-13-21-17-7-5-6-10-25(17,11-12-27-21)18(16)15-23(22)30/h3-4,8-9,14-15,17,21,27-28,30H,2,5-7,10-13H2,1H3,(H2,26,29,31)/t17-,21+,25+/m0/s1. The van der Waals surface area contributed by atoms with Crippen molar-refractivity contribution >= 4 is 23.1 Å². The second-order valence-corrected chi connectivity index (χ2v) is 9.20. The Labute approximate surface area is 183 Å². The molecule has 2 aromatic rings. The van der Waals surface area contributed by atoms with Crippen molar-refractivity contribution < 1.29 is 9.90 Å². The lowest BCUT2D eigenvalue weighted by atomic mass is 9.53. The van der Waals surface area contributed by atoms with Crippen LogP contribution in [0.2, 0.25) is 0 Å². The second kappa shape index (κ2) is 8.08. The van der Waals surface area contributed by atoms with Crippen LogP contribution in [0.3, 0.4) is 0 Å². The molecule has 31 heavy (non-hydrogen) atoms. The molecule has 2 aliphatic carbocycles. The molecule has 2 bridgehead atoms. The lowest BCUT2D eigenvalue weighted by Gasteiger charge is -2.56. The predicted molar refractivity (Wildman–Crippen MR) is 124 cm³/mol. The number of hydrogen-bond donors (Lipinski definition) is 5. The van der Waals surface area contributed by atoms with Crippen LogP contribution in [0.5, 0.6) is 5.75 Å². The maximum atomic E-state index is 12.0. The zero-order chi connectivity index (χ0) is 21.4. The molecular weight excluding hydrogens is 388 g/mol. The molecule has 5 rings (SSSR count). The summed E-state index contributed by atoms with van der Waals surface area (Å²) in [6.45, 7) is 3.51. The van der Waals surface area contributed by atoms with Gasteiger partial charge in [0.25, 0.3) is 0 Å². The predicted octanol–water partition coefficient (Wildman–Crippen LogP) is 4.62. The van der Waals surface area contributed by atoms with Gasteiger partial charge in [-0.15, -0.1) is 0 Å². The molecule has 5 N–H and O–H groups in total. The molecule has 164 valence electrons. The average molecular weight is 421 g/mol. The highest BCUT2D eigenvalue weighted by Gasteiger charge is 2.51. The van der Waals surface area contributed by atoms with Crippen LogP contribution < -0.4 is 21.3 Å². The van der Waals surface area contributed by atoms with Gasteiger partial charge < -0.3 is 26.4 Å². The van der Waals surface area contributed by atoms with Crippen molar-refractivity contribution in [1.82, 2.24) is 10.6 Å². The number of urea groups is 1. The Hall–Kier alpha value is -2.73. The molecule has 0 spiro atoms. The number of phenols is 1. The Balaban J connectivity index is 1.48. The molecule has 1 saturated heterocycles. The fourth-order valence-electron chi connectivity index (χ4n) is 6.25. The quantitative estimate of drug-likeness (QED) is 0.467. The number of rotatable bonds is 4. The Morgan fingerprint density at radius 2 is 2.00 bits per heavy atom. The summed E-state index contributed by atoms with van der Waals surface area (Å²) in [6, 6.07) is 12.0. The number of benzene rings is 2. The number of para-hydroxylation sites is 2. The summed E-state index contributed by atoms with van der Waals surface area (Å²) in [7, 11) is 0. The van der Waals surface area contributed by atoms with E-state index in [-0.39, 0.29) is 17.2 Å². The van der Waals surface area contributed by atoms with E-state index in [0.717, 1.165) is 25.1 Å². The maximum Gasteiger partial charge on any atom is 0.319 e. The van der Waals surface area contributed by atoms with Crippen molar-refractivity contribution in [3.05, 3.63) is 47.5 Å². The average Bonchev–Trinajstić information content (AvgIpc) is 2.76. The fraction of sp³-hybridized carbons (Fsp3) is 0.480. The van der Waals surface area contributed by atoms with E-state index in [4.69, 9.17) is 0 Å². The van der Waals surface area contributed by atoms with Crippen LogP contribution in [0.15, 0.2) is 36.4 Å². The van der Waals surface area contributed by atoms with E-state index in [1.54, 1.807) is 0 Å². The van der Waals surface area contributed by atoms with Crippen LogP contribution in [-0.4, -0.2) is 30.3 Å². The van der Waals surface area contributed by atoms with Crippen LogP contribution >= 0.6 is 0 Å². The number of nitrogens with one attached hydrogen (secondary N) is 4. The highest BCUT2D eigenvalue weighted by Crippen LogP contribution is 2.55. The molecule has 3 aliphatic rings. The van der Waals surface area contributed by atoms with Crippen molar-refractivity contribution in [2.45, 2.75) is 56.9 Å². The van der Waals surface area contributed by atoms with Crippen LogP contribution in [0.4, 0.5) is 21.9 Å². The maximum absolute atomic E-state index is 12.0. The third kappa shape index (κ3) is 3.53. The van der Waals surface area contributed by atoms with E-state index in [1.807, 2.05) is 37.3 Å². The van der Waals surface area contributed by atoms with Crippen molar-refractivity contribution in [1.29, 1.82) is 0 Å². The van der Waals surface area contributed by atoms with E-state index in [1.165, 1.54) is 36.8 Å². The van der Waals surface area contributed by atoms with Gasteiger partial charge in [0.15, 0.2) is 0 Å². The number of piperidine rings is 1. The SMILES string of the molecule is CCNC(=O)Nc1ccccc1Nc1cc2c(cc1O)[C@@]13CCCC[C@H]1[C@@H](C2)NCC3. The zero-order valence-electron chi connectivity index (χ0n) is 18.1. The smallest absolute Gasteiger partial charge is 0.319 e. The summed E-state index contributed by atoms with van der Waals surface area (Å²) in [5.41, 5.74) is 5.04. The summed E-state index contributed by atoms with van der Waals surface area (Å²) >= 11 is 0. The van der Waals surface area contributed by atoms with Gasteiger partial charge in [0.2, 0.25) is 0 Å². The fourth-order valence-corrected chi connectivity index (χ4v) is 6.25. The molecule has 1 saturated carbocycles. The molecule has 2 aromatic carbocycles. The number of amides is 2. The van der Waals surface area contributed by atoms with Gasteiger partial charge >= 0.3 is 6.03 Å². The second-order valence-electron chi connectivity index (χ2n) is 9.20. The van der Waals surface area contributed by atoms with Crippen LogP contribution in [0.25, 0.3) is 0 Å². The molecule has 0 unspecified atom stereocenters. The molecule has 6 heteroatoms. The number of aromatic hydroxyl groups is 1. The highest BCUT2D eigenvalue weighted by molar-refractivity contribution is 5.94. The molecule has 1 aliphatic heterocycles. The van der Waals surface area contributed by atoms with E-state index in [9.17, 15) is 9.90 Å². The lowest BCUT2D eigenvalue weighted by molar-refractivity contribution is 0.0796. The number of anilines is 3. The van der Waals surface area contributed by atoms with Crippen molar-refractivity contribution in [3.63, 3.8) is 0 Å². The first-order chi connectivity index (χ1) is 15.1. The molecule has 0 aromatic heterocycles. The van der Waals surface area contributed by atoms with Crippen LogP contribution in [0, 0.1) is 5.92 Å². The van der Waals surface area contributed by atoms with Gasteiger partial charge in [-0.05, 0) is 80.5 Å². The van der Waals surface area contributed by atoms with E-state index >= 15 is 0 Å². The first kappa shape index (κ1) is 20.2. The summed E-state index contributed by atoms with van der Waals surface area (Å²) < 4.78 is 0. The van der Waals surface area contributed by atoms with Gasteiger partial charge in [-0.2, -0.15) is 0 Å². The number of fused-ring (bicyclic) bond motifs is 1. The first-order valence-corrected chi connectivity index (χ1v) is 11.6. The van der Waals surface area contributed by atoms with Crippen LogP contribution in [0.1, 0.15) is 50.2 Å². The van der Waals surface area contributed by atoms with Gasteiger partial charge in [-0.3, -0.25) is 0 Å². The third-order valence-electron chi connectivity index (χ3n) is 7.54. The minimum absolute atomic E-state index is 0.218. The van der Waals surface area contributed by atoms with Crippen molar-refractivity contribution in [2.75, 3.05) is 23.7 Å². The molecule has 1 heterocycles. The summed E-state index contributed by atoms with van der Waals surface area (Å²) in [5.74, 6) is 0.963. The van der Waals surface area contributed by atoms with Gasteiger partial charge in [-0.25, -0.2) is 4.79 Å². The Morgan fingerprint density at radius 1 is 1.16 bits per heavy atom. The number of hydrogen-bond acceptors (Lipinski definition) is 4. The monoisotopic (exact) mass is 420 g/mol. The largest absolute Gasteiger partial charge is 0.506 e. The van der Waals surface area contributed by atoms with Crippen molar-refractivity contribution in [2.24, 2.45) is 5.92 Å². The van der Waals surface area contributed by atoms with Gasteiger partial charge in [0.05, 0.1) is 17.1 Å². The normalized spacial score (nSPS) is 26.4. The zero-order valence-corrected chi connectivity index (χ0v) is 18.1. The summed E-state index contributed by atoms with van der Waals surface area (Å²) in [6.07, 6.45) is 7.29. The highest BCUT2D eigenvalue weighted by atomic mass is 16.3. The Bertz CT molecular complexity index is 987. The molecule has 0 radical (unpaired) electrons. The minimum atomic E-state index is -0.243. The van der Waals surface area contributed by atoms with Crippen molar-refractivity contribution in [3.8, 4) is 5.75 Å². The van der Waals surface area contributed by atoms with Crippen LogP contribution in [-0.2, 0) is 11.8 Å². The Kier molecular flexibility index (Phi) is 5.26. The third-order valence-corrected chi connectivity index (χ3v) is 7.54. The first-order valence-electron chi connectivity index (χ1n) is 11.6. The molecular formula is C25H32N4O2. The van der Waals surface area contributed by atoms with E-state index in [0.29, 0.717) is 29.9 Å². The van der Waals surface area contributed by atoms with E-state index in [2.05, 4.69) is 27.3 Å². The van der Waals surface area contributed by atoms with Gasteiger partial charge in [0.1, 0.15) is 5.75 Å². The van der Waals surface area contributed by atoms with E-state index < -0.39 is 0 Å². The molecule has 2 amide bonds. The summed E-state index contributed by atoms with van der Waals surface area (Å²) in [5, 5.41) is 23.8. The lowest BCUT2D eigenvalue weighted by Crippen LogP contribution is -2.59. The molecule has 3 atom stereocenters. The number of carbonyl (C=O) groups is 1. The minimum Gasteiger partial charge on any atom is -0.506 e. The van der Waals surface area contributed by atoms with Gasteiger partial charge in [-0.1, -0.05) is 25.0 Å². The number of carbonyl (C=O) groups excluding carboxylic acids is 1. The Morgan fingerprint density at radius 3 is 2.84 bits per heavy atom. The van der Waals surface area contributed by atoms with Gasteiger partial charge in [0, 0.05) is 18.0 Å².